The number of primary amides is 1. The Morgan fingerprint density at radius 1 is 1.23 bits per heavy atom. The van der Waals surface area contributed by atoms with Crippen LogP contribution in [0.15, 0.2) is 0 Å². The molecule has 0 aliphatic carbocycles. The average molecular weight is 560 g/mol. The Balaban J connectivity index is -0.000000385. The molecule has 0 aromatic rings. The molecule has 0 aliphatic rings. The van der Waals surface area contributed by atoms with Crippen molar-refractivity contribution < 1.29 is 24.3 Å². The Bertz CT molecular complexity index is 352. The van der Waals surface area contributed by atoms with E-state index in [9.17, 15) is 19.2 Å². The Morgan fingerprint density at radius 3 is 2.05 bits per heavy atom. The molecule has 0 aromatic carbocycles. The van der Waals surface area contributed by atoms with E-state index in [1.807, 2.05) is 6.92 Å². The van der Waals surface area contributed by atoms with Crippen LogP contribution in [-0.4, -0.2) is 48.6 Å². The number of hydrogen-bond acceptors (Lipinski definition) is 4. The number of nitrogens with two attached hydrogens (primary N) is 1. The monoisotopic (exact) mass is 560 g/mol. The molecule has 0 saturated carbocycles. The van der Waals surface area contributed by atoms with Crippen molar-refractivity contribution in [2.45, 2.75) is 33.2 Å². The zero-order chi connectivity index (χ0) is 16.8. The number of nitrogens with one attached hydrogen (secondary N) is 3. The molecule has 10 heteroatoms. The van der Waals surface area contributed by atoms with E-state index in [0.29, 0.717) is 6.54 Å². The second-order valence-electron chi connectivity index (χ2n) is 4.37. The molecular weight excluding hydrogens is 537 g/mol. The fourth-order valence-electron chi connectivity index (χ4n) is 1.12. The third kappa shape index (κ3) is 14.7. The number of carboxylic acids is 1. The molecule has 9 nitrogen and oxygen atoms in total. The number of rotatable bonds is 8. The van der Waals surface area contributed by atoms with Gasteiger partial charge < -0.3 is 31.6 Å². The van der Waals surface area contributed by atoms with Crippen molar-refractivity contribution in [2.75, 3.05) is 13.1 Å². The van der Waals surface area contributed by atoms with Crippen molar-refractivity contribution >= 4 is 24.3 Å². The van der Waals surface area contributed by atoms with Gasteiger partial charge in [-0.15, -0.1) is 0 Å². The van der Waals surface area contributed by atoms with Crippen molar-refractivity contribution in [1.29, 1.82) is 0 Å². The average Bonchev–Trinajstić information content (AvgIpc) is 2.40. The van der Waals surface area contributed by atoms with Gasteiger partial charge in [0.15, 0.2) is 0 Å². The van der Waals surface area contributed by atoms with Gasteiger partial charge in [0.25, 0.3) is 0 Å². The van der Waals surface area contributed by atoms with Crippen LogP contribution in [0.1, 0.15) is 27.2 Å². The summed E-state index contributed by atoms with van der Waals surface area (Å²) in [6, 6.07) is -1.19. The van der Waals surface area contributed by atoms with Crippen LogP contribution < -0.4 is 21.7 Å². The smallest absolute Gasteiger partial charge is 0.322 e. The van der Waals surface area contributed by atoms with Crippen molar-refractivity contribution in [3.05, 3.63) is 0 Å². The van der Waals surface area contributed by atoms with Crippen LogP contribution in [0.4, 0.5) is 4.79 Å². The fraction of sp³-hybridized carbons (Fsp3) is 0.667. The normalized spacial score (nSPS) is 10.2. The molecule has 22 heavy (non-hydrogen) atoms. The van der Waals surface area contributed by atoms with Gasteiger partial charge in [0.1, 0.15) is 6.54 Å². The van der Waals surface area contributed by atoms with Gasteiger partial charge in [-0.2, -0.15) is 6.41 Å². The minimum Gasteiger partial charge on any atom is -0.520 e. The molecule has 0 spiro atoms. The number of urea groups is 1. The molecule has 4 amide bonds. The number of carboxylic acid groups (broad SMARTS) is 1. The zero-order valence-electron chi connectivity index (χ0n) is 12.7. The Morgan fingerprint density at radius 2 is 1.77 bits per heavy atom. The van der Waals surface area contributed by atoms with Crippen molar-refractivity contribution in [1.82, 2.24) is 16.0 Å². The third-order valence-electron chi connectivity index (χ3n) is 2.13. The molecule has 0 rings (SSSR count). The summed E-state index contributed by atoms with van der Waals surface area (Å²) >= 11 is 0. The van der Waals surface area contributed by atoms with Gasteiger partial charge >= 0.3 is 12.0 Å². The van der Waals surface area contributed by atoms with Gasteiger partial charge in [-0.05, 0) is 12.3 Å². The first kappa shape index (κ1) is 23.7. The van der Waals surface area contributed by atoms with Crippen LogP contribution in [0.3, 0.4) is 0 Å². The molecular formula is C12H23FmN4O5-. The summed E-state index contributed by atoms with van der Waals surface area (Å²) < 4.78 is 0. The van der Waals surface area contributed by atoms with E-state index < -0.39 is 30.5 Å². The van der Waals surface area contributed by atoms with E-state index in [4.69, 9.17) is 10.8 Å². The van der Waals surface area contributed by atoms with E-state index >= 15 is 0 Å². The molecule has 0 heterocycles. The third-order valence-corrected chi connectivity index (χ3v) is 2.13. The van der Waals surface area contributed by atoms with Crippen LogP contribution >= 0.6 is 0 Å². The first-order valence-corrected chi connectivity index (χ1v) is 6.41. The molecule has 1 unspecified atom stereocenters. The minimum absolute atomic E-state index is 0. The molecule has 0 fully saturated rings. The van der Waals surface area contributed by atoms with Gasteiger partial charge in [-0.25, -0.2) is 4.79 Å². The quantitative estimate of drug-likeness (QED) is 0.189. The molecule has 0 saturated heterocycles. The Labute approximate surface area is 123 Å². The fourth-order valence-corrected chi connectivity index (χ4v) is 1.12. The van der Waals surface area contributed by atoms with Crippen LogP contribution in [-0.2, 0) is 14.4 Å². The largest absolute Gasteiger partial charge is 0.520 e. The topological polar surface area (TPSA) is 151 Å². The van der Waals surface area contributed by atoms with Crippen LogP contribution in [0.25, 0.3) is 0 Å². The number of carbonyl (C=O) groups is 3. The van der Waals surface area contributed by atoms with E-state index in [1.54, 1.807) is 13.8 Å². The van der Waals surface area contributed by atoms with Gasteiger partial charge in [0.2, 0.25) is 5.91 Å². The summed E-state index contributed by atoms with van der Waals surface area (Å²) in [5.41, 5.74) is 4.73. The molecule has 134 valence electrons. The van der Waals surface area contributed by atoms with Crippen molar-refractivity contribution in [3.8, 4) is 0 Å². The predicted molar refractivity (Wildman–Crippen MR) is 76.0 cm³/mol. The summed E-state index contributed by atoms with van der Waals surface area (Å²) in [4.78, 5) is 41.3. The zero-order valence-corrected chi connectivity index (χ0v) is 15.1. The van der Waals surface area contributed by atoms with Crippen molar-refractivity contribution in [2.24, 2.45) is 11.7 Å². The summed E-state index contributed by atoms with van der Waals surface area (Å²) in [5.74, 6) is -1.77. The minimum atomic E-state index is -1.13. The van der Waals surface area contributed by atoms with Crippen LogP contribution in [0.2, 0.25) is 0 Å². The molecule has 0 bridgehead atoms. The molecule has 0 aromatic heterocycles. The standard InChI is InChI=1S/C8H13N2O4.C4H10N2O.Fm/c1-5(2)7(10-4-11)8(14)9-3-6(12)13;1-2-3-6-4(5)7;/h5,7H,3H2,1-2H3,(H,9,14)(H,10,11)(H,12,13);2-3H2,1H3,(H3,5,6,7);/q-1;;. The number of hydrogen-bond donors (Lipinski definition) is 5. The molecule has 0 aliphatic heterocycles. The summed E-state index contributed by atoms with van der Waals surface area (Å²) in [5, 5.41) is 15.1. The maximum Gasteiger partial charge on any atom is 0.322 e. The molecule has 1 atom stereocenters. The molecule has 0 radical (unpaired) electrons. The number of carbonyl (C=O) groups excluding carboxylic acids is 3. The van der Waals surface area contributed by atoms with Crippen LogP contribution in [0, 0.1) is 5.92 Å². The first-order valence-electron chi connectivity index (χ1n) is 6.41. The Hall–Kier alpha value is -3.32. The van der Waals surface area contributed by atoms with Crippen molar-refractivity contribution in [3.63, 3.8) is 0 Å². The maximum atomic E-state index is 11.3. The summed E-state index contributed by atoms with van der Waals surface area (Å²) in [6.07, 6.45) is 2.34. The number of amides is 4. The van der Waals surface area contributed by atoms with Gasteiger partial charge in [-0.3, -0.25) is 9.59 Å². The van der Waals surface area contributed by atoms with Gasteiger partial charge in [0, 0.05) is 6.54 Å². The second-order valence-corrected chi connectivity index (χ2v) is 4.37. The predicted octanol–water partition coefficient (Wildman–Crippen LogP) is -1.07. The first-order chi connectivity index (χ1) is 9.76. The number of aliphatic carboxylic acids is 1. The second kappa shape index (κ2) is 14.1. The van der Waals surface area contributed by atoms with Crippen LogP contribution in [0.5, 0.6) is 0 Å². The SMILES string of the molecule is CC(C)C(N[C-]=O)C(=O)NCC(=O)O.CCCNC(N)=O.[Fm]. The van der Waals surface area contributed by atoms with E-state index in [2.05, 4.69) is 16.0 Å². The van der Waals surface area contributed by atoms with E-state index in [0.717, 1.165) is 6.42 Å². The van der Waals surface area contributed by atoms with E-state index in [-0.39, 0.29) is 5.92 Å². The summed E-state index contributed by atoms with van der Waals surface area (Å²) in [7, 11) is 0. The maximum absolute atomic E-state index is 11.3. The summed E-state index contributed by atoms with van der Waals surface area (Å²) in [6.45, 7) is 5.65. The van der Waals surface area contributed by atoms with Gasteiger partial charge in [0.05, 0.1) is 6.04 Å². The Kier molecular flexibility index (Phi) is 15.2. The van der Waals surface area contributed by atoms with Gasteiger partial charge in [-0.1, -0.05) is 20.8 Å². The van der Waals surface area contributed by atoms with E-state index in [1.165, 1.54) is 6.41 Å². The molecule has 6 N–H and O–H groups in total.